The van der Waals surface area contributed by atoms with Crippen LogP contribution in [0.2, 0.25) is 0 Å². The van der Waals surface area contributed by atoms with Crippen LogP contribution in [0.3, 0.4) is 0 Å². The lowest BCUT2D eigenvalue weighted by Gasteiger charge is -2.33. The molecule has 1 aliphatic heterocycles. The molecule has 1 aliphatic rings. The van der Waals surface area contributed by atoms with Crippen LogP contribution in [0.25, 0.3) is 11.2 Å². The second-order valence-electron chi connectivity index (χ2n) is 9.47. The Kier molecular flexibility index (Phi) is 5.00. The van der Waals surface area contributed by atoms with E-state index in [9.17, 15) is 9.59 Å². The Bertz CT molecular complexity index is 1470. The molecular weight excluding hydrogens is 414 g/mol. The number of hydrogen-bond donors (Lipinski definition) is 0. The third-order valence-corrected chi connectivity index (χ3v) is 6.42. The van der Waals surface area contributed by atoms with Gasteiger partial charge in [-0.3, -0.25) is 13.9 Å². The van der Waals surface area contributed by atoms with E-state index < -0.39 is 0 Å². The molecule has 33 heavy (non-hydrogen) atoms. The van der Waals surface area contributed by atoms with E-state index in [-0.39, 0.29) is 17.8 Å². The highest BCUT2D eigenvalue weighted by Crippen LogP contribution is 2.33. The molecule has 2 aromatic carbocycles. The van der Waals surface area contributed by atoms with Gasteiger partial charge in [0.25, 0.3) is 5.56 Å². The van der Waals surface area contributed by atoms with Crippen LogP contribution in [0.5, 0.6) is 0 Å². The third-order valence-electron chi connectivity index (χ3n) is 6.42. The summed E-state index contributed by atoms with van der Waals surface area (Å²) in [5, 5.41) is 0. The predicted molar refractivity (Wildman–Crippen MR) is 132 cm³/mol. The fourth-order valence-corrected chi connectivity index (χ4v) is 4.84. The highest BCUT2D eigenvalue weighted by Gasteiger charge is 2.30. The van der Waals surface area contributed by atoms with Crippen molar-refractivity contribution in [2.24, 2.45) is 13.0 Å². The van der Waals surface area contributed by atoms with E-state index in [1.54, 1.807) is 7.05 Å². The summed E-state index contributed by atoms with van der Waals surface area (Å²) in [5.41, 5.74) is 5.75. The Morgan fingerprint density at radius 1 is 0.939 bits per heavy atom. The molecule has 0 saturated carbocycles. The molecule has 0 aliphatic carbocycles. The third kappa shape index (κ3) is 3.57. The van der Waals surface area contributed by atoms with Crippen molar-refractivity contribution in [3.8, 4) is 0 Å². The van der Waals surface area contributed by atoms with Crippen molar-refractivity contribution in [2.75, 3.05) is 11.4 Å². The Hall–Kier alpha value is -3.61. The minimum absolute atomic E-state index is 0.235. The fraction of sp³-hybridized carbons (Fsp3) is 0.346. The lowest BCUT2D eigenvalue weighted by atomic mass is 10.1. The topological polar surface area (TPSA) is 65.1 Å². The number of benzene rings is 2. The average Bonchev–Trinajstić information content (AvgIpc) is 3.15. The van der Waals surface area contributed by atoms with Crippen LogP contribution in [-0.2, 0) is 20.1 Å². The minimum atomic E-state index is -0.352. The van der Waals surface area contributed by atoms with Gasteiger partial charge in [-0.05, 0) is 55.5 Å². The number of imidazole rings is 1. The van der Waals surface area contributed by atoms with E-state index in [1.165, 1.54) is 20.3 Å². The number of hydrogen-bond acceptors (Lipinski definition) is 4. The van der Waals surface area contributed by atoms with Gasteiger partial charge in [0.05, 0.1) is 6.54 Å². The molecule has 0 amide bonds. The summed E-state index contributed by atoms with van der Waals surface area (Å²) in [6.07, 6.45) is 0. The maximum atomic E-state index is 13.6. The smallest absolute Gasteiger partial charge is 0.312 e. The summed E-state index contributed by atoms with van der Waals surface area (Å²) in [6, 6.07) is 14.3. The van der Waals surface area contributed by atoms with Crippen LogP contribution in [0.15, 0.2) is 52.1 Å². The van der Waals surface area contributed by atoms with Gasteiger partial charge in [-0.1, -0.05) is 42.8 Å². The normalized spacial score (nSPS) is 15.8. The average molecular weight is 444 g/mol. The highest BCUT2D eigenvalue weighted by molar-refractivity contribution is 5.77. The van der Waals surface area contributed by atoms with Crippen molar-refractivity contribution in [3.63, 3.8) is 0 Å². The zero-order valence-electron chi connectivity index (χ0n) is 19.8. The lowest BCUT2D eigenvalue weighted by molar-refractivity contribution is 0.458. The minimum Gasteiger partial charge on any atom is -0.312 e. The first-order valence-corrected chi connectivity index (χ1v) is 11.3. The van der Waals surface area contributed by atoms with E-state index >= 15 is 0 Å². The summed E-state index contributed by atoms with van der Waals surface area (Å²) in [5.74, 6) is 1.03. The number of nitrogens with zero attached hydrogens (tertiary/aromatic N) is 5. The standard InChI is InChI=1S/C26H29N5O2/c1-16-6-8-20(9-7-16)15-31-24(32)22-23(28(5)26(31)33)27-25-29(13-19(4)14-30(22)25)21-11-17(2)10-18(3)12-21/h6-12,19H,13-15H2,1-5H3/t19-/m1/s1. The molecule has 0 unspecified atom stereocenters. The van der Waals surface area contributed by atoms with Crippen molar-refractivity contribution in [1.29, 1.82) is 0 Å². The van der Waals surface area contributed by atoms with E-state index in [1.807, 2.05) is 35.8 Å². The van der Waals surface area contributed by atoms with Gasteiger partial charge in [0.2, 0.25) is 5.95 Å². The molecule has 4 aromatic rings. The first-order chi connectivity index (χ1) is 15.7. The van der Waals surface area contributed by atoms with Crippen LogP contribution < -0.4 is 16.1 Å². The molecule has 1 atom stereocenters. The zero-order valence-corrected chi connectivity index (χ0v) is 19.8. The van der Waals surface area contributed by atoms with Crippen molar-refractivity contribution in [1.82, 2.24) is 18.7 Å². The Labute approximate surface area is 192 Å². The largest absolute Gasteiger partial charge is 0.332 e. The fourth-order valence-electron chi connectivity index (χ4n) is 4.84. The van der Waals surface area contributed by atoms with Crippen molar-refractivity contribution in [2.45, 2.75) is 40.8 Å². The molecule has 0 spiro atoms. The molecule has 0 radical (unpaired) electrons. The molecule has 0 bridgehead atoms. The SMILES string of the molecule is Cc1ccc(Cn2c(=O)c3c(nc4n3C[C@H](C)CN4c3cc(C)cc(C)c3)n(C)c2=O)cc1. The molecule has 170 valence electrons. The molecule has 5 rings (SSSR count). The Balaban J connectivity index is 1.72. The maximum absolute atomic E-state index is 13.6. The van der Waals surface area contributed by atoms with Gasteiger partial charge in [-0.15, -0.1) is 0 Å². The van der Waals surface area contributed by atoms with Gasteiger partial charge >= 0.3 is 5.69 Å². The van der Waals surface area contributed by atoms with E-state index in [0.29, 0.717) is 29.6 Å². The van der Waals surface area contributed by atoms with Crippen molar-refractivity contribution in [3.05, 3.63) is 85.6 Å². The summed E-state index contributed by atoms with van der Waals surface area (Å²) >= 11 is 0. The van der Waals surface area contributed by atoms with Crippen LogP contribution >= 0.6 is 0 Å². The monoisotopic (exact) mass is 443 g/mol. The number of rotatable bonds is 3. The lowest BCUT2D eigenvalue weighted by Crippen LogP contribution is -2.40. The van der Waals surface area contributed by atoms with E-state index in [4.69, 9.17) is 4.98 Å². The summed E-state index contributed by atoms with van der Waals surface area (Å²) in [6.45, 7) is 10.1. The van der Waals surface area contributed by atoms with Crippen LogP contribution in [-0.4, -0.2) is 25.2 Å². The molecule has 0 N–H and O–H groups in total. The van der Waals surface area contributed by atoms with Crippen molar-refractivity contribution < 1.29 is 0 Å². The van der Waals surface area contributed by atoms with E-state index in [0.717, 1.165) is 23.4 Å². The molecule has 0 saturated heterocycles. The van der Waals surface area contributed by atoms with Crippen LogP contribution in [0.1, 0.15) is 29.2 Å². The van der Waals surface area contributed by atoms with Crippen molar-refractivity contribution >= 4 is 22.8 Å². The highest BCUT2D eigenvalue weighted by atomic mass is 16.2. The number of anilines is 2. The number of fused-ring (bicyclic) bond motifs is 3. The first kappa shape index (κ1) is 21.2. The van der Waals surface area contributed by atoms with Gasteiger partial charge in [-0.2, -0.15) is 4.98 Å². The molecule has 0 fully saturated rings. The summed E-state index contributed by atoms with van der Waals surface area (Å²) in [7, 11) is 1.69. The maximum Gasteiger partial charge on any atom is 0.332 e. The first-order valence-electron chi connectivity index (χ1n) is 11.3. The summed E-state index contributed by atoms with van der Waals surface area (Å²) in [4.78, 5) is 33.8. The molecular formula is C26H29N5O2. The molecule has 2 aromatic heterocycles. The Morgan fingerprint density at radius 2 is 1.61 bits per heavy atom. The van der Waals surface area contributed by atoms with Crippen LogP contribution in [0, 0.1) is 26.7 Å². The number of aryl methyl sites for hydroxylation is 4. The second-order valence-corrected chi connectivity index (χ2v) is 9.47. The second kappa shape index (κ2) is 7.76. The van der Waals surface area contributed by atoms with Gasteiger partial charge in [0.15, 0.2) is 11.2 Å². The quantitative estimate of drug-likeness (QED) is 0.485. The molecule has 3 heterocycles. The molecule has 7 nitrogen and oxygen atoms in total. The van der Waals surface area contributed by atoms with E-state index in [2.05, 4.69) is 43.9 Å². The molecule has 7 heteroatoms. The van der Waals surface area contributed by atoms with Gasteiger partial charge in [-0.25, -0.2) is 4.79 Å². The predicted octanol–water partition coefficient (Wildman–Crippen LogP) is 3.66. The Morgan fingerprint density at radius 3 is 2.27 bits per heavy atom. The number of aromatic nitrogens is 4. The van der Waals surface area contributed by atoms with Crippen LogP contribution in [0.4, 0.5) is 11.6 Å². The van der Waals surface area contributed by atoms with Gasteiger partial charge in [0.1, 0.15) is 0 Å². The zero-order chi connectivity index (χ0) is 23.4. The van der Waals surface area contributed by atoms with Gasteiger partial charge in [0, 0.05) is 25.8 Å². The van der Waals surface area contributed by atoms with Gasteiger partial charge < -0.3 is 9.47 Å². The summed E-state index contributed by atoms with van der Waals surface area (Å²) < 4.78 is 4.82.